The number of amides is 1. The fraction of sp³-hybridized carbons (Fsp3) is 0.500. The van der Waals surface area contributed by atoms with E-state index in [1.807, 2.05) is 0 Å². The maximum atomic E-state index is 11.5. The highest BCUT2D eigenvalue weighted by Crippen LogP contribution is 2.17. The van der Waals surface area contributed by atoms with Crippen molar-refractivity contribution in [2.24, 2.45) is 7.05 Å². The molecule has 13 heavy (non-hydrogen) atoms. The molecule has 5 nitrogen and oxygen atoms in total. The van der Waals surface area contributed by atoms with Crippen LogP contribution in [0.2, 0.25) is 0 Å². The second-order valence-corrected chi connectivity index (χ2v) is 2.89. The van der Waals surface area contributed by atoms with E-state index in [1.54, 1.807) is 21.1 Å². The van der Waals surface area contributed by atoms with Crippen LogP contribution in [-0.4, -0.2) is 41.8 Å². The smallest absolute Gasteiger partial charge is 0.260 e. The van der Waals surface area contributed by atoms with E-state index < -0.39 is 0 Å². The van der Waals surface area contributed by atoms with Crippen LogP contribution in [0.3, 0.4) is 0 Å². The molecule has 0 radical (unpaired) electrons. The Hall–Kier alpha value is -1.52. The summed E-state index contributed by atoms with van der Waals surface area (Å²) in [5.74, 6) is 0.378. The van der Waals surface area contributed by atoms with Crippen LogP contribution in [0, 0.1) is 0 Å². The number of aromatic nitrogens is 2. The molecule has 0 saturated heterocycles. The van der Waals surface area contributed by atoms with Crippen LogP contribution in [0.15, 0.2) is 6.20 Å². The number of nitrogens with zero attached hydrogens (tertiary/aromatic N) is 3. The van der Waals surface area contributed by atoms with Gasteiger partial charge in [-0.1, -0.05) is 0 Å². The van der Waals surface area contributed by atoms with Crippen LogP contribution in [0.4, 0.5) is 0 Å². The highest BCUT2D eigenvalue weighted by atomic mass is 16.5. The summed E-state index contributed by atoms with van der Waals surface area (Å²) in [6.07, 6.45) is 1.50. The molecule has 0 aliphatic heterocycles. The molecule has 72 valence electrons. The fourth-order valence-corrected chi connectivity index (χ4v) is 1.06. The average Bonchev–Trinajstić information content (AvgIpc) is 2.45. The van der Waals surface area contributed by atoms with Gasteiger partial charge in [-0.05, 0) is 0 Å². The molecule has 0 fully saturated rings. The standard InChI is InChI=1S/C8H13N3O2/c1-10(2)7(12)6-5-9-11(3)8(6)13-4/h5H,1-4H3. The predicted molar refractivity (Wildman–Crippen MR) is 47.8 cm³/mol. The molecule has 0 aliphatic rings. The first-order valence-corrected chi connectivity index (χ1v) is 3.85. The molecule has 0 N–H and O–H groups in total. The number of hydrogen-bond acceptors (Lipinski definition) is 3. The predicted octanol–water partition coefficient (Wildman–Crippen LogP) is 0.130. The SMILES string of the molecule is COc1c(C(=O)N(C)C)cnn1C. The van der Waals surface area contributed by atoms with E-state index in [4.69, 9.17) is 4.74 Å². The zero-order valence-corrected chi connectivity index (χ0v) is 8.24. The lowest BCUT2D eigenvalue weighted by atomic mass is 10.3. The Bertz CT molecular complexity index is 317. The van der Waals surface area contributed by atoms with E-state index in [0.29, 0.717) is 11.4 Å². The number of hydrogen-bond donors (Lipinski definition) is 0. The number of aryl methyl sites for hydroxylation is 1. The Morgan fingerprint density at radius 2 is 2.23 bits per heavy atom. The lowest BCUT2D eigenvalue weighted by Gasteiger charge is -2.09. The maximum Gasteiger partial charge on any atom is 0.260 e. The molecule has 1 rings (SSSR count). The molecule has 0 saturated carbocycles. The second-order valence-electron chi connectivity index (χ2n) is 2.89. The van der Waals surface area contributed by atoms with Crippen LogP contribution < -0.4 is 4.74 Å². The van der Waals surface area contributed by atoms with Gasteiger partial charge in [-0.2, -0.15) is 5.10 Å². The molecule has 0 aliphatic carbocycles. The van der Waals surface area contributed by atoms with Crippen molar-refractivity contribution in [2.75, 3.05) is 21.2 Å². The van der Waals surface area contributed by atoms with Crippen molar-refractivity contribution in [3.63, 3.8) is 0 Å². The van der Waals surface area contributed by atoms with Gasteiger partial charge in [0.15, 0.2) is 0 Å². The third-order valence-electron chi connectivity index (χ3n) is 1.71. The van der Waals surface area contributed by atoms with Crippen LogP contribution in [0.1, 0.15) is 10.4 Å². The fourth-order valence-electron chi connectivity index (χ4n) is 1.06. The lowest BCUT2D eigenvalue weighted by molar-refractivity contribution is 0.0824. The molecule has 0 aromatic carbocycles. The Labute approximate surface area is 76.9 Å². The van der Waals surface area contributed by atoms with Crippen molar-refractivity contribution in [3.8, 4) is 5.88 Å². The molecule has 5 heteroatoms. The van der Waals surface area contributed by atoms with E-state index in [1.165, 1.54) is 22.9 Å². The highest BCUT2D eigenvalue weighted by molar-refractivity contribution is 5.95. The van der Waals surface area contributed by atoms with Crippen LogP contribution in [0.25, 0.3) is 0 Å². The van der Waals surface area contributed by atoms with E-state index in [9.17, 15) is 4.79 Å². The minimum atomic E-state index is -0.107. The number of methoxy groups -OCH3 is 1. The van der Waals surface area contributed by atoms with E-state index >= 15 is 0 Å². The Balaban J connectivity index is 3.07. The zero-order valence-electron chi connectivity index (χ0n) is 8.24. The third kappa shape index (κ3) is 1.63. The van der Waals surface area contributed by atoms with Gasteiger partial charge in [0.2, 0.25) is 5.88 Å². The van der Waals surface area contributed by atoms with Crippen molar-refractivity contribution in [1.82, 2.24) is 14.7 Å². The highest BCUT2D eigenvalue weighted by Gasteiger charge is 2.17. The summed E-state index contributed by atoms with van der Waals surface area (Å²) in [5.41, 5.74) is 0.481. The normalized spacial score (nSPS) is 9.85. The van der Waals surface area contributed by atoms with Crippen molar-refractivity contribution in [2.45, 2.75) is 0 Å². The van der Waals surface area contributed by atoms with Crippen molar-refractivity contribution in [3.05, 3.63) is 11.8 Å². The van der Waals surface area contributed by atoms with E-state index in [-0.39, 0.29) is 5.91 Å². The molecule has 1 aromatic rings. The molecule has 1 amide bonds. The minimum absolute atomic E-state index is 0.107. The largest absolute Gasteiger partial charge is 0.481 e. The molecular formula is C8H13N3O2. The summed E-state index contributed by atoms with van der Waals surface area (Å²) in [5, 5.41) is 3.94. The van der Waals surface area contributed by atoms with Gasteiger partial charge >= 0.3 is 0 Å². The Morgan fingerprint density at radius 1 is 1.62 bits per heavy atom. The van der Waals surface area contributed by atoms with Gasteiger partial charge < -0.3 is 9.64 Å². The first-order chi connectivity index (χ1) is 6.07. The average molecular weight is 183 g/mol. The van der Waals surface area contributed by atoms with Crippen molar-refractivity contribution >= 4 is 5.91 Å². The van der Waals surface area contributed by atoms with Gasteiger partial charge in [0, 0.05) is 21.1 Å². The van der Waals surface area contributed by atoms with Gasteiger partial charge in [0.05, 0.1) is 13.3 Å². The van der Waals surface area contributed by atoms with Gasteiger partial charge in [-0.15, -0.1) is 0 Å². The van der Waals surface area contributed by atoms with Crippen LogP contribution in [-0.2, 0) is 7.05 Å². The first-order valence-electron chi connectivity index (χ1n) is 3.85. The van der Waals surface area contributed by atoms with E-state index in [0.717, 1.165) is 0 Å². The Kier molecular flexibility index (Phi) is 2.55. The number of carbonyl (C=O) groups excluding carboxylic acids is 1. The third-order valence-corrected chi connectivity index (χ3v) is 1.71. The van der Waals surface area contributed by atoms with Gasteiger partial charge in [0.25, 0.3) is 5.91 Å². The molecule has 0 bridgehead atoms. The lowest BCUT2D eigenvalue weighted by Crippen LogP contribution is -2.21. The quantitative estimate of drug-likeness (QED) is 0.654. The molecular weight excluding hydrogens is 170 g/mol. The van der Waals surface area contributed by atoms with Crippen molar-refractivity contribution in [1.29, 1.82) is 0 Å². The molecule has 0 atom stereocenters. The summed E-state index contributed by atoms with van der Waals surface area (Å²) in [6, 6.07) is 0. The summed E-state index contributed by atoms with van der Waals surface area (Å²) >= 11 is 0. The topological polar surface area (TPSA) is 47.4 Å². The minimum Gasteiger partial charge on any atom is -0.481 e. The molecule has 0 unspecified atom stereocenters. The number of carbonyl (C=O) groups is 1. The van der Waals surface area contributed by atoms with Gasteiger partial charge in [-0.3, -0.25) is 4.79 Å². The van der Waals surface area contributed by atoms with Gasteiger partial charge in [-0.25, -0.2) is 4.68 Å². The second kappa shape index (κ2) is 3.47. The number of rotatable bonds is 2. The monoisotopic (exact) mass is 183 g/mol. The molecule has 1 aromatic heterocycles. The van der Waals surface area contributed by atoms with Crippen molar-refractivity contribution < 1.29 is 9.53 Å². The first kappa shape index (κ1) is 9.57. The van der Waals surface area contributed by atoms with Gasteiger partial charge in [0.1, 0.15) is 5.56 Å². The Morgan fingerprint density at radius 3 is 2.69 bits per heavy atom. The van der Waals surface area contributed by atoms with Crippen LogP contribution >= 0.6 is 0 Å². The summed E-state index contributed by atoms with van der Waals surface area (Å²) in [7, 11) is 6.62. The molecule has 0 spiro atoms. The van der Waals surface area contributed by atoms with Crippen LogP contribution in [0.5, 0.6) is 5.88 Å². The number of ether oxygens (including phenoxy) is 1. The molecule has 1 heterocycles. The maximum absolute atomic E-state index is 11.5. The summed E-state index contributed by atoms with van der Waals surface area (Å²) in [6.45, 7) is 0. The van der Waals surface area contributed by atoms with E-state index in [2.05, 4.69) is 5.10 Å². The zero-order chi connectivity index (χ0) is 10.0. The summed E-state index contributed by atoms with van der Waals surface area (Å²) in [4.78, 5) is 13.0. The summed E-state index contributed by atoms with van der Waals surface area (Å²) < 4.78 is 6.56.